The van der Waals surface area contributed by atoms with Crippen LogP contribution in [0.15, 0.2) is 12.4 Å². The number of H-pyrrole nitrogens is 1. The van der Waals surface area contributed by atoms with Gasteiger partial charge in [0.05, 0.1) is 6.04 Å². The minimum atomic E-state index is 0.00287. The highest BCUT2D eigenvalue weighted by molar-refractivity contribution is 5.78. The lowest BCUT2D eigenvalue weighted by atomic mass is 10.0. The van der Waals surface area contributed by atoms with E-state index in [4.69, 9.17) is 0 Å². The zero-order valence-electron chi connectivity index (χ0n) is 10.3. The molecule has 1 atom stereocenters. The molecular formula is C12H21N3O. The minimum absolute atomic E-state index is 0.00287. The Morgan fingerprint density at radius 2 is 2.06 bits per heavy atom. The second-order valence-electron chi connectivity index (χ2n) is 3.96. The molecule has 4 heteroatoms. The summed E-state index contributed by atoms with van der Waals surface area (Å²) in [5.41, 5.74) is 0. The molecule has 0 fully saturated rings. The highest BCUT2D eigenvalue weighted by atomic mass is 16.1. The van der Waals surface area contributed by atoms with Gasteiger partial charge in [-0.1, -0.05) is 20.8 Å². The number of carbonyl (C=O) groups excluding carboxylic acids is 1. The van der Waals surface area contributed by atoms with Crippen molar-refractivity contribution in [3.05, 3.63) is 18.2 Å². The van der Waals surface area contributed by atoms with Gasteiger partial charge in [-0.25, -0.2) is 4.98 Å². The molecule has 1 heterocycles. The van der Waals surface area contributed by atoms with Crippen LogP contribution in [0, 0.1) is 5.92 Å². The fourth-order valence-corrected chi connectivity index (χ4v) is 1.78. The van der Waals surface area contributed by atoms with Gasteiger partial charge < -0.3 is 10.3 Å². The predicted molar refractivity (Wildman–Crippen MR) is 63.8 cm³/mol. The SMILES string of the molecule is CCC(CC)C(=O)NC(CC)c1ncc[nH]1. The molecule has 1 amide bonds. The van der Waals surface area contributed by atoms with Crippen LogP contribution in [0.25, 0.3) is 0 Å². The highest BCUT2D eigenvalue weighted by Gasteiger charge is 2.19. The number of nitrogens with one attached hydrogen (secondary N) is 2. The van der Waals surface area contributed by atoms with Crippen molar-refractivity contribution in [2.45, 2.75) is 46.1 Å². The summed E-state index contributed by atoms with van der Waals surface area (Å²) in [6, 6.07) is 0.00287. The van der Waals surface area contributed by atoms with E-state index in [2.05, 4.69) is 15.3 Å². The predicted octanol–water partition coefficient (Wildman–Crippen LogP) is 2.41. The first-order valence-corrected chi connectivity index (χ1v) is 6.02. The van der Waals surface area contributed by atoms with Crippen molar-refractivity contribution in [3.63, 3.8) is 0 Å². The average Bonchev–Trinajstić information content (AvgIpc) is 2.81. The molecule has 0 aliphatic carbocycles. The van der Waals surface area contributed by atoms with Crippen LogP contribution in [0.1, 0.15) is 51.9 Å². The summed E-state index contributed by atoms with van der Waals surface area (Å²) in [4.78, 5) is 19.1. The average molecular weight is 223 g/mol. The molecule has 0 aliphatic heterocycles. The van der Waals surface area contributed by atoms with Crippen molar-refractivity contribution in [2.24, 2.45) is 5.92 Å². The number of aromatic amines is 1. The number of hydrogen-bond donors (Lipinski definition) is 2. The van der Waals surface area contributed by atoms with Gasteiger partial charge in [0.2, 0.25) is 5.91 Å². The van der Waals surface area contributed by atoms with Crippen molar-refractivity contribution in [3.8, 4) is 0 Å². The standard InChI is InChI=1S/C12H21N3O/c1-4-9(5-2)12(16)15-10(6-3)11-13-7-8-14-11/h7-10H,4-6H2,1-3H3,(H,13,14)(H,15,16). The zero-order valence-corrected chi connectivity index (χ0v) is 10.3. The van der Waals surface area contributed by atoms with Crippen LogP contribution in [0.2, 0.25) is 0 Å². The molecule has 1 rings (SSSR count). The van der Waals surface area contributed by atoms with E-state index < -0.39 is 0 Å². The number of hydrogen-bond acceptors (Lipinski definition) is 2. The Bertz CT molecular complexity index is 304. The monoisotopic (exact) mass is 223 g/mol. The third-order valence-electron chi connectivity index (χ3n) is 2.93. The Balaban J connectivity index is 2.60. The number of aromatic nitrogens is 2. The Morgan fingerprint density at radius 1 is 1.38 bits per heavy atom. The fraction of sp³-hybridized carbons (Fsp3) is 0.667. The van der Waals surface area contributed by atoms with Crippen molar-refractivity contribution in [1.29, 1.82) is 0 Å². The first kappa shape index (κ1) is 12.7. The molecule has 0 bridgehead atoms. The molecule has 0 radical (unpaired) electrons. The fourth-order valence-electron chi connectivity index (χ4n) is 1.78. The molecular weight excluding hydrogens is 202 g/mol. The molecule has 1 unspecified atom stereocenters. The zero-order chi connectivity index (χ0) is 12.0. The molecule has 0 saturated carbocycles. The summed E-state index contributed by atoms with van der Waals surface area (Å²) >= 11 is 0. The largest absolute Gasteiger partial charge is 0.347 e. The second kappa shape index (κ2) is 6.30. The van der Waals surface area contributed by atoms with Crippen molar-refractivity contribution in [1.82, 2.24) is 15.3 Å². The molecule has 2 N–H and O–H groups in total. The first-order chi connectivity index (χ1) is 7.72. The maximum absolute atomic E-state index is 11.9. The van der Waals surface area contributed by atoms with E-state index in [0.717, 1.165) is 25.1 Å². The number of rotatable bonds is 6. The third kappa shape index (κ3) is 3.08. The highest BCUT2D eigenvalue weighted by Crippen LogP contribution is 2.14. The van der Waals surface area contributed by atoms with Gasteiger partial charge in [-0.3, -0.25) is 4.79 Å². The van der Waals surface area contributed by atoms with Gasteiger partial charge >= 0.3 is 0 Å². The van der Waals surface area contributed by atoms with Gasteiger partial charge in [0.15, 0.2) is 0 Å². The van der Waals surface area contributed by atoms with Crippen molar-refractivity contribution >= 4 is 5.91 Å². The van der Waals surface area contributed by atoms with Crippen LogP contribution in [-0.4, -0.2) is 15.9 Å². The van der Waals surface area contributed by atoms with E-state index in [1.165, 1.54) is 0 Å². The quantitative estimate of drug-likeness (QED) is 0.778. The summed E-state index contributed by atoms with van der Waals surface area (Å²) in [6.07, 6.45) is 6.11. The molecule has 4 nitrogen and oxygen atoms in total. The molecule has 16 heavy (non-hydrogen) atoms. The van der Waals surface area contributed by atoms with Crippen LogP contribution < -0.4 is 5.32 Å². The van der Waals surface area contributed by atoms with Gasteiger partial charge in [0, 0.05) is 18.3 Å². The van der Waals surface area contributed by atoms with E-state index in [1.807, 2.05) is 20.8 Å². The number of amides is 1. The molecule has 1 aromatic rings. The second-order valence-corrected chi connectivity index (χ2v) is 3.96. The van der Waals surface area contributed by atoms with Gasteiger partial charge in [0.1, 0.15) is 5.82 Å². The Morgan fingerprint density at radius 3 is 2.50 bits per heavy atom. The normalized spacial score (nSPS) is 12.8. The van der Waals surface area contributed by atoms with Crippen molar-refractivity contribution in [2.75, 3.05) is 0 Å². The van der Waals surface area contributed by atoms with E-state index >= 15 is 0 Å². The van der Waals surface area contributed by atoms with Crippen LogP contribution in [0.4, 0.5) is 0 Å². The van der Waals surface area contributed by atoms with Crippen LogP contribution in [0.5, 0.6) is 0 Å². The molecule has 0 aliphatic rings. The van der Waals surface area contributed by atoms with E-state index in [9.17, 15) is 4.79 Å². The summed E-state index contributed by atoms with van der Waals surface area (Å²) in [5.74, 6) is 1.08. The molecule has 1 aromatic heterocycles. The summed E-state index contributed by atoms with van der Waals surface area (Å²) in [5, 5.41) is 3.04. The molecule has 0 saturated heterocycles. The van der Waals surface area contributed by atoms with Gasteiger partial charge in [-0.15, -0.1) is 0 Å². The molecule has 90 valence electrons. The summed E-state index contributed by atoms with van der Waals surface area (Å²) < 4.78 is 0. The third-order valence-corrected chi connectivity index (χ3v) is 2.93. The first-order valence-electron chi connectivity index (χ1n) is 6.02. The van der Waals surface area contributed by atoms with E-state index in [1.54, 1.807) is 12.4 Å². The number of imidazole rings is 1. The summed E-state index contributed by atoms with van der Waals surface area (Å²) in [7, 11) is 0. The van der Waals surface area contributed by atoms with Gasteiger partial charge in [0.25, 0.3) is 0 Å². The maximum Gasteiger partial charge on any atom is 0.223 e. The maximum atomic E-state index is 11.9. The van der Waals surface area contributed by atoms with Crippen LogP contribution in [-0.2, 0) is 4.79 Å². The van der Waals surface area contributed by atoms with Gasteiger partial charge in [-0.05, 0) is 19.3 Å². The Hall–Kier alpha value is -1.32. The topological polar surface area (TPSA) is 57.8 Å². The Labute approximate surface area is 96.9 Å². The van der Waals surface area contributed by atoms with E-state index in [-0.39, 0.29) is 17.9 Å². The minimum Gasteiger partial charge on any atom is -0.347 e. The lowest BCUT2D eigenvalue weighted by Crippen LogP contribution is -2.33. The number of nitrogens with zero attached hydrogens (tertiary/aromatic N) is 1. The van der Waals surface area contributed by atoms with Gasteiger partial charge in [-0.2, -0.15) is 0 Å². The van der Waals surface area contributed by atoms with Crippen LogP contribution >= 0.6 is 0 Å². The smallest absolute Gasteiger partial charge is 0.223 e. The lowest BCUT2D eigenvalue weighted by molar-refractivity contribution is -0.126. The molecule has 0 spiro atoms. The summed E-state index contributed by atoms with van der Waals surface area (Å²) in [6.45, 7) is 6.13. The van der Waals surface area contributed by atoms with Crippen molar-refractivity contribution < 1.29 is 4.79 Å². The van der Waals surface area contributed by atoms with Crippen LogP contribution in [0.3, 0.4) is 0 Å². The Kier molecular flexibility index (Phi) is 5.02. The number of carbonyl (C=O) groups is 1. The molecule has 0 aromatic carbocycles. The van der Waals surface area contributed by atoms with E-state index in [0.29, 0.717) is 0 Å². The lowest BCUT2D eigenvalue weighted by Gasteiger charge is -2.18.